The van der Waals surface area contributed by atoms with Crippen molar-refractivity contribution in [3.8, 4) is 6.07 Å². The van der Waals surface area contributed by atoms with Gasteiger partial charge in [0.25, 0.3) is 17.7 Å². The van der Waals surface area contributed by atoms with Crippen LogP contribution in [-0.4, -0.2) is 48.8 Å². The van der Waals surface area contributed by atoms with E-state index in [0.717, 1.165) is 4.90 Å². The van der Waals surface area contributed by atoms with Crippen molar-refractivity contribution in [2.75, 3.05) is 25.6 Å². The third-order valence-electron chi connectivity index (χ3n) is 4.94. The second-order valence-corrected chi connectivity index (χ2v) is 7.09. The maximum atomic E-state index is 12.8. The standard InChI is InChI=1S/C23H22N4O5/c1-32-12-4-11-27-22(30)17-8-7-15(13-18(17)23(27)31)21(29)26-19-6-3-2-5-16(19)14-25-20(28)9-10-24/h2-3,5-8,13H,4,9,11-12,14H2,1H3,(H,25,28)(H,26,29). The highest BCUT2D eigenvalue weighted by Crippen LogP contribution is 2.25. The van der Waals surface area contributed by atoms with Crippen LogP contribution in [0.4, 0.5) is 5.69 Å². The summed E-state index contributed by atoms with van der Waals surface area (Å²) in [6.07, 6.45) is 0.274. The lowest BCUT2D eigenvalue weighted by atomic mass is 10.0. The normalized spacial score (nSPS) is 12.3. The van der Waals surface area contributed by atoms with Gasteiger partial charge in [0.05, 0.1) is 17.2 Å². The van der Waals surface area contributed by atoms with Crippen molar-refractivity contribution in [3.05, 3.63) is 64.7 Å². The molecule has 0 radical (unpaired) electrons. The van der Waals surface area contributed by atoms with Crippen LogP contribution in [0, 0.1) is 11.3 Å². The number of nitrogens with one attached hydrogen (secondary N) is 2. The predicted octanol–water partition coefficient (Wildman–Crippen LogP) is 2.10. The van der Waals surface area contributed by atoms with Crippen LogP contribution in [0.15, 0.2) is 42.5 Å². The Bertz CT molecular complexity index is 1110. The Morgan fingerprint density at radius 3 is 2.59 bits per heavy atom. The van der Waals surface area contributed by atoms with Crippen molar-refractivity contribution in [2.45, 2.75) is 19.4 Å². The maximum Gasteiger partial charge on any atom is 0.261 e. The van der Waals surface area contributed by atoms with Crippen LogP contribution >= 0.6 is 0 Å². The van der Waals surface area contributed by atoms with Crippen LogP contribution in [0.25, 0.3) is 0 Å². The molecule has 1 aliphatic rings. The molecule has 32 heavy (non-hydrogen) atoms. The molecule has 1 aliphatic heterocycles. The second-order valence-electron chi connectivity index (χ2n) is 7.09. The number of anilines is 1. The summed E-state index contributed by atoms with van der Waals surface area (Å²) in [5.41, 5.74) is 1.83. The highest BCUT2D eigenvalue weighted by atomic mass is 16.5. The minimum absolute atomic E-state index is 0.143. The molecular weight excluding hydrogens is 412 g/mol. The highest BCUT2D eigenvalue weighted by Gasteiger charge is 2.35. The van der Waals surface area contributed by atoms with Crippen molar-refractivity contribution >= 4 is 29.3 Å². The minimum atomic E-state index is -0.457. The van der Waals surface area contributed by atoms with Gasteiger partial charge < -0.3 is 15.4 Å². The van der Waals surface area contributed by atoms with Gasteiger partial charge in [-0.2, -0.15) is 5.26 Å². The molecule has 0 aromatic heterocycles. The summed E-state index contributed by atoms with van der Waals surface area (Å²) in [5, 5.41) is 14.0. The number of fused-ring (bicyclic) bond motifs is 1. The number of hydrogen-bond acceptors (Lipinski definition) is 6. The zero-order valence-corrected chi connectivity index (χ0v) is 17.5. The van der Waals surface area contributed by atoms with Crippen LogP contribution in [0.5, 0.6) is 0 Å². The Morgan fingerprint density at radius 2 is 1.84 bits per heavy atom. The Morgan fingerprint density at radius 1 is 1.09 bits per heavy atom. The van der Waals surface area contributed by atoms with E-state index < -0.39 is 17.7 Å². The number of ether oxygens (including phenoxy) is 1. The highest BCUT2D eigenvalue weighted by molar-refractivity contribution is 6.22. The first-order chi connectivity index (χ1) is 15.5. The molecule has 3 rings (SSSR count). The maximum absolute atomic E-state index is 12.8. The zero-order chi connectivity index (χ0) is 23.1. The zero-order valence-electron chi connectivity index (χ0n) is 17.5. The monoisotopic (exact) mass is 434 g/mol. The van der Waals surface area contributed by atoms with Gasteiger partial charge in [0.15, 0.2) is 0 Å². The SMILES string of the molecule is COCCCN1C(=O)c2ccc(C(=O)Nc3ccccc3CNC(=O)CC#N)cc2C1=O. The van der Waals surface area contributed by atoms with E-state index in [-0.39, 0.29) is 42.1 Å². The van der Waals surface area contributed by atoms with Gasteiger partial charge in [-0.3, -0.25) is 24.1 Å². The molecule has 2 aromatic carbocycles. The van der Waals surface area contributed by atoms with Crippen LogP contribution in [0.2, 0.25) is 0 Å². The Kier molecular flexibility index (Phi) is 7.31. The van der Waals surface area contributed by atoms with E-state index in [4.69, 9.17) is 10.00 Å². The minimum Gasteiger partial charge on any atom is -0.385 e. The molecule has 9 heteroatoms. The van der Waals surface area contributed by atoms with Crippen LogP contribution < -0.4 is 10.6 Å². The summed E-state index contributed by atoms with van der Waals surface area (Å²) < 4.78 is 4.97. The number of carbonyl (C=O) groups excluding carboxylic acids is 4. The number of methoxy groups -OCH3 is 1. The number of carbonyl (C=O) groups is 4. The molecule has 0 saturated carbocycles. The van der Waals surface area contributed by atoms with E-state index in [1.165, 1.54) is 18.2 Å². The van der Waals surface area contributed by atoms with Gasteiger partial charge in [-0.1, -0.05) is 18.2 Å². The number of rotatable bonds is 9. The molecule has 164 valence electrons. The average Bonchev–Trinajstić information content (AvgIpc) is 3.03. The van der Waals surface area contributed by atoms with E-state index in [2.05, 4.69) is 10.6 Å². The van der Waals surface area contributed by atoms with Gasteiger partial charge in [0, 0.05) is 38.1 Å². The fourth-order valence-corrected chi connectivity index (χ4v) is 3.32. The molecule has 2 N–H and O–H groups in total. The summed E-state index contributed by atoms with van der Waals surface area (Å²) in [6, 6.07) is 13.1. The van der Waals surface area contributed by atoms with Gasteiger partial charge in [-0.25, -0.2) is 0 Å². The molecule has 2 aromatic rings. The third kappa shape index (κ3) is 4.99. The number of nitriles is 1. The molecule has 0 bridgehead atoms. The van der Waals surface area contributed by atoms with Gasteiger partial charge in [-0.15, -0.1) is 0 Å². The topological polar surface area (TPSA) is 129 Å². The quantitative estimate of drug-likeness (QED) is 0.459. The number of benzene rings is 2. The van der Waals surface area contributed by atoms with Gasteiger partial charge >= 0.3 is 0 Å². The number of hydrogen-bond donors (Lipinski definition) is 2. The summed E-state index contributed by atoms with van der Waals surface area (Å²) in [6.45, 7) is 0.814. The fourth-order valence-electron chi connectivity index (χ4n) is 3.32. The molecule has 4 amide bonds. The lowest BCUT2D eigenvalue weighted by Gasteiger charge is -2.12. The number of nitrogens with zero attached hydrogens (tertiary/aromatic N) is 2. The molecule has 0 atom stereocenters. The Balaban J connectivity index is 1.73. The molecule has 0 fully saturated rings. The van der Waals surface area contributed by atoms with Crippen LogP contribution in [-0.2, 0) is 16.1 Å². The van der Waals surface area contributed by atoms with E-state index in [1.54, 1.807) is 37.4 Å². The van der Waals surface area contributed by atoms with Crippen molar-refractivity contribution < 1.29 is 23.9 Å². The second kappa shape index (κ2) is 10.3. The Hall–Kier alpha value is -4.03. The van der Waals surface area contributed by atoms with E-state index in [9.17, 15) is 19.2 Å². The van der Waals surface area contributed by atoms with Crippen LogP contribution in [0.1, 0.15) is 49.5 Å². The molecule has 0 spiro atoms. The fraction of sp³-hybridized carbons (Fsp3) is 0.261. The third-order valence-corrected chi connectivity index (χ3v) is 4.94. The summed E-state index contributed by atoms with van der Waals surface area (Å²) in [4.78, 5) is 50.7. The summed E-state index contributed by atoms with van der Waals surface area (Å²) >= 11 is 0. The van der Waals surface area contributed by atoms with Crippen LogP contribution in [0.3, 0.4) is 0 Å². The lowest BCUT2D eigenvalue weighted by Crippen LogP contribution is -2.31. The number of amides is 4. The first-order valence-electron chi connectivity index (χ1n) is 9.98. The number of imide groups is 1. The average molecular weight is 434 g/mol. The number of para-hydroxylation sites is 1. The molecular formula is C23H22N4O5. The first kappa shape index (κ1) is 22.7. The summed E-state index contributed by atoms with van der Waals surface area (Å²) in [7, 11) is 1.55. The molecule has 0 saturated heterocycles. The van der Waals surface area contributed by atoms with Crippen molar-refractivity contribution in [3.63, 3.8) is 0 Å². The van der Waals surface area contributed by atoms with Gasteiger partial charge in [-0.05, 0) is 36.2 Å². The van der Waals surface area contributed by atoms with Gasteiger partial charge in [0.1, 0.15) is 6.42 Å². The summed E-state index contributed by atoms with van der Waals surface area (Å²) in [5.74, 6) is -1.69. The van der Waals surface area contributed by atoms with E-state index in [0.29, 0.717) is 24.3 Å². The first-order valence-corrected chi connectivity index (χ1v) is 9.98. The van der Waals surface area contributed by atoms with Gasteiger partial charge in [0.2, 0.25) is 5.91 Å². The van der Waals surface area contributed by atoms with E-state index in [1.807, 2.05) is 0 Å². The smallest absolute Gasteiger partial charge is 0.261 e. The van der Waals surface area contributed by atoms with E-state index >= 15 is 0 Å². The molecule has 1 heterocycles. The lowest BCUT2D eigenvalue weighted by molar-refractivity contribution is -0.120. The Labute approximate surface area is 185 Å². The molecule has 0 aliphatic carbocycles. The van der Waals surface area contributed by atoms with Crippen molar-refractivity contribution in [2.24, 2.45) is 0 Å². The molecule has 9 nitrogen and oxygen atoms in total. The van der Waals surface area contributed by atoms with Crippen molar-refractivity contribution in [1.29, 1.82) is 5.26 Å². The van der Waals surface area contributed by atoms with Crippen molar-refractivity contribution in [1.82, 2.24) is 10.2 Å². The predicted molar refractivity (Wildman–Crippen MR) is 115 cm³/mol. The molecule has 0 unspecified atom stereocenters. The largest absolute Gasteiger partial charge is 0.385 e.